The predicted molar refractivity (Wildman–Crippen MR) is 85.2 cm³/mol. The number of carboxylic acid groups (broad SMARTS) is 1. The van der Waals surface area contributed by atoms with Crippen LogP contribution in [0, 0.1) is 17.8 Å². The molecule has 6 nitrogen and oxygen atoms in total. The Bertz CT molecular complexity index is 470. The third-order valence-corrected chi connectivity index (χ3v) is 5.87. The van der Waals surface area contributed by atoms with E-state index in [1.165, 1.54) is 0 Å². The number of carbonyl (C=O) groups is 2. The SMILES string of the molecule is CCCCCC1(CC[C@H]2[C@H](C(=O)O)CC3OC(=O)C[C@@H]32)OCCO1. The number of ether oxygens (including phenoxy) is 3. The van der Waals surface area contributed by atoms with E-state index in [9.17, 15) is 14.7 Å². The highest BCUT2D eigenvalue weighted by Crippen LogP contribution is 2.48. The molecule has 4 atom stereocenters. The van der Waals surface area contributed by atoms with E-state index in [1.54, 1.807) is 0 Å². The third kappa shape index (κ3) is 3.59. The van der Waals surface area contributed by atoms with Crippen LogP contribution in [0.4, 0.5) is 0 Å². The van der Waals surface area contributed by atoms with E-state index in [1.807, 2.05) is 0 Å². The number of fused-ring (bicyclic) bond motifs is 1. The van der Waals surface area contributed by atoms with Gasteiger partial charge in [0.15, 0.2) is 5.79 Å². The van der Waals surface area contributed by atoms with E-state index in [4.69, 9.17) is 14.2 Å². The number of rotatable bonds is 8. The van der Waals surface area contributed by atoms with Crippen molar-refractivity contribution in [1.29, 1.82) is 0 Å². The van der Waals surface area contributed by atoms with Crippen molar-refractivity contribution in [2.45, 2.75) is 70.2 Å². The summed E-state index contributed by atoms with van der Waals surface area (Å²) in [5.74, 6) is -1.95. The van der Waals surface area contributed by atoms with Crippen LogP contribution < -0.4 is 0 Å². The molecule has 2 saturated heterocycles. The first-order chi connectivity index (χ1) is 11.5. The minimum atomic E-state index is -0.779. The minimum absolute atomic E-state index is 0.0326. The van der Waals surface area contributed by atoms with Crippen LogP contribution in [0.1, 0.15) is 58.3 Å². The molecule has 3 rings (SSSR count). The molecule has 6 heteroatoms. The number of aliphatic carboxylic acids is 1. The molecule has 0 aromatic heterocycles. The number of carboxylic acids is 1. The van der Waals surface area contributed by atoms with Gasteiger partial charge in [-0.05, 0) is 25.2 Å². The molecule has 0 aromatic carbocycles. The molecule has 3 fully saturated rings. The van der Waals surface area contributed by atoms with Crippen LogP contribution in [0.25, 0.3) is 0 Å². The number of unbranched alkanes of at least 4 members (excludes halogenated alkanes) is 2. The summed E-state index contributed by atoms with van der Waals surface area (Å²) in [5, 5.41) is 9.53. The molecule has 3 aliphatic rings. The topological polar surface area (TPSA) is 82.1 Å². The summed E-state index contributed by atoms with van der Waals surface area (Å²) in [6, 6.07) is 0. The van der Waals surface area contributed by atoms with Crippen molar-refractivity contribution in [2.24, 2.45) is 17.8 Å². The normalized spacial score (nSPS) is 34.3. The minimum Gasteiger partial charge on any atom is -0.481 e. The van der Waals surface area contributed by atoms with Crippen LogP contribution >= 0.6 is 0 Å². The molecule has 2 aliphatic heterocycles. The van der Waals surface area contributed by atoms with Gasteiger partial charge in [0.25, 0.3) is 0 Å². The van der Waals surface area contributed by atoms with Crippen molar-refractivity contribution >= 4 is 11.9 Å². The lowest BCUT2D eigenvalue weighted by Crippen LogP contribution is -2.33. The Balaban J connectivity index is 1.63. The fourth-order valence-corrected chi connectivity index (χ4v) is 4.64. The highest BCUT2D eigenvalue weighted by Gasteiger charge is 2.53. The summed E-state index contributed by atoms with van der Waals surface area (Å²) in [6.07, 6.45) is 6.18. The Hall–Kier alpha value is -1.14. The lowest BCUT2D eigenvalue weighted by Gasteiger charge is -2.30. The van der Waals surface area contributed by atoms with Gasteiger partial charge in [0.05, 0.1) is 25.6 Å². The zero-order valence-corrected chi connectivity index (χ0v) is 14.4. The summed E-state index contributed by atoms with van der Waals surface area (Å²) in [5.41, 5.74) is 0. The average Bonchev–Trinajstić information content (AvgIpc) is 3.21. The molecule has 0 spiro atoms. The van der Waals surface area contributed by atoms with Gasteiger partial charge in [0.2, 0.25) is 0 Å². The van der Waals surface area contributed by atoms with Crippen LogP contribution in [0.2, 0.25) is 0 Å². The van der Waals surface area contributed by atoms with E-state index in [-0.39, 0.29) is 23.9 Å². The highest BCUT2D eigenvalue weighted by molar-refractivity contribution is 5.75. The molecule has 2 heterocycles. The first-order valence-electron chi connectivity index (χ1n) is 9.25. The number of hydrogen-bond acceptors (Lipinski definition) is 5. The van der Waals surface area contributed by atoms with Gasteiger partial charge >= 0.3 is 11.9 Å². The van der Waals surface area contributed by atoms with E-state index < -0.39 is 17.7 Å². The van der Waals surface area contributed by atoms with Crippen LogP contribution in [-0.2, 0) is 23.8 Å². The fourth-order valence-electron chi connectivity index (χ4n) is 4.64. The first kappa shape index (κ1) is 17.7. The molecule has 1 unspecified atom stereocenters. The highest BCUT2D eigenvalue weighted by atomic mass is 16.7. The second kappa shape index (κ2) is 7.40. The molecule has 24 heavy (non-hydrogen) atoms. The zero-order chi connectivity index (χ0) is 17.2. The maximum atomic E-state index is 11.6. The van der Waals surface area contributed by atoms with Crippen LogP contribution in [0.3, 0.4) is 0 Å². The second-order valence-electron chi connectivity index (χ2n) is 7.34. The Morgan fingerprint density at radius 3 is 2.67 bits per heavy atom. The molecular formula is C18H28O6. The average molecular weight is 340 g/mol. The molecular weight excluding hydrogens is 312 g/mol. The standard InChI is InChI=1S/C18H28O6/c1-2-3-4-6-18(22-8-9-23-18)7-5-12-13-11-16(19)24-15(13)10-14(12)17(20)21/h12-15H,2-11H2,1H3,(H,20,21)/t12-,13-,14-,15?/m1/s1. The van der Waals surface area contributed by atoms with Crippen molar-refractivity contribution in [3.05, 3.63) is 0 Å². The van der Waals surface area contributed by atoms with Gasteiger partial charge in [0.1, 0.15) is 6.10 Å². The van der Waals surface area contributed by atoms with Crippen LogP contribution in [0.5, 0.6) is 0 Å². The molecule has 0 radical (unpaired) electrons. The largest absolute Gasteiger partial charge is 0.481 e. The van der Waals surface area contributed by atoms with Gasteiger partial charge in [-0.3, -0.25) is 9.59 Å². The van der Waals surface area contributed by atoms with Gasteiger partial charge in [0, 0.05) is 18.8 Å². The van der Waals surface area contributed by atoms with Gasteiger partial charge in [-0.15, -0.1) is 0 Å². The summed E-state index contributed by atoms with van der Waals surface area (Å²) in [4.78, 5) is 23.2. The molecule has 0 aromatic rings. The molecule has 0 amide bonds. The zero-order valence-electron chi connectivity index (χ0n) is 14.4. The fraction of sp³-hybridized carbons (Fsp3) is 0.889. The molecule has 1 N–H and O–H groups in total. The smallest absolute Gasteiger partial charge is 0.306 e. The first-order valence-corrected chi connectivity index (χ1v) is 9.25. The van der Waals surface area contributed by atoms with Gasteiger partial charge < -0.3 is 19.3 Å². The Kier molecular flexibility index (Phi) is 5.45. The van der Waals surface area contributed by atoms with Crippen LogP contribution in [0.15, 0.2) is 0 Å². The summed E-state index contributed by atoms with van der Waals surface area (Å²) >= 11 is 0. The quantitative estimate of drug-likeness (QED) is 0.540. The van der Waals surface area contributed by atoms with Crippen LogP contribution in [-0.4, -0.2) is 42.1 Å². The van der Waals surface area contributed by atoms with E-state index in [2.05, 4.69) is 6.92 Å². The van der Waals surface area contributed by atoms with E-state index in [0.29, 0.717) is 38.9 Å². The van der Waals surface area contributed by atoms with E-state index >= 15 is 0 Å². The maximum Gasteiger partial charge on any atom is 0.306 e. The molecule has 0 bridgehead atoms. The Morgan fingerprint density at radius 2 is 2.00 bits per heavy atom. The maximum absolute atomic E-state index is 11.6. The lowest BCUT2D eigenvalue weighted by atomic mass is 9.82. The van der Waals surface area contributed by atoms with Crippen molar-refractivity contribution in [2.75, 3.05) is 13.2 Å². The Labute approximate surface area is 142 Å². The molecule has 1 saturated carbocycles. The lowest BCUT2D eigenvalue weighted by molar-refractivity contribution is -0.172. The summed E-state index contributed by atoms with van der Waals surface area (Å²) in [7, 11) is 0. The monoisotopic (exact) mass is 340 g/mol. The van der Waals surface area contributed by atoms with Gasteiger partial charge in [-0.25, -0.2) is 0 Å². The number of hydrogen-bond donors (Lipinski definition) is 1. The Morgan fingerprint density at radius 1 is 1.25 bits per heavy atom. The molecule has 1 aliphatic carbocycles. The third-order valence-electron chi connectivity index (χ3n) is 5.87. The second-order valence-corrected chi connectivity index (χ2v) is 7.34. The summed E-state index contributed by atoms with van der Waals surface area (Å²) < 4.78 is 17.1. The van der Waals surface area contributed by atoms with E-state index in [0.717, 1.165) is 25.7 Å². The van der Waals surface area contributed by atoms with Crippen molar-refractivity contribution in [3.63, 3.8) is 0 Å². The molecule has 136 valence electrons. The van der Waals surface area contributed by atoms with Gasteiger partial charge in [-0.2, -0.15) is 0 Å². The van der Waals surface area contributed by atoms with Crippen molar-refractivity contribution in [3.8, 4) is 0 Å². The number of esters is 1. The van der Waals surface area contributed by atoms with Crippen molar-refractivity contribution < 1.29 is 28.9 Å². The van der Waals surface area contributed by atoms with Gasteiger partial charge in [-0.1, -0.05) is 19.8 Å². The predicted octanol–water partition coefficient (Wildman–Crippen LogP) is 2.74. The summed E-state index contributed by atoms with van der Waals surface area (Å²) in [6.45, 7) is 3.37. The number of carbonyl (C=O) groups excluding carboxylic acids is 1. The van der Waals surface area contributed by atoms with Crippen molar-refractivity contribution in [1.82, 2.24) is 0 Å².